The smallest absolute Gasteiger partial charge is 0.0166 e. The number of halogens is 1. The van der Waals surface area contributed by atoms with E-state index in [0.29, 0.717) is 0 Å². The molecular weight excluding hydrogens is 190 g/mol. The summed E-state index contributed by atoms with van der Waals surface area (Å²) >= 11 is 0. The molecule has 0 aromatic rings. The Labute approximate surface area is 73.2 Å². The summed E-state index contributed by atoms with van der Waals surface area (Å²) in [7, 11) is 0. The third kappa shape index (κ3) is 3.18. The van der Waals surface area contributed by atoms with Crippen molar-refractivity contribution in [2.45, 2.75) is 6.42 Å². The molecule has 0 aliphatic carbocycles. The molecule has 0 radical (unpaired) electrons. The molecular formula is C8H14BrN. The van der Waals surface area contributed by atoms with Gasteiger partial charge >= 0.3 is 0 Å². The molecule has 0 unspecified atom stereocenters. The quantitative estimate of drug-likeness (QED) is 0.622. The summed E-state index contributed by atoms with van der Waals surface area (Å²) in [4.78, 5) is 2.37. The molecule has 1 heterocycles. The summed E-state index contributed by atoms with van der Waals surface area (Å²) in [5.41, 5.74) is 0. The molecule has 10 heavy (non-hydrogen) atoms. The standard InChI is InChI=1S/C8H13N.BrH/c1-2-6-9-7-4-3-5-8-9;/h2-4H,1,5-8H2;1H. The van der Waals surface area contributed by atoms with Gasteiger partial charge in [-0.2, -0.15) is 0 Å². The first-order chi connectivity index (χ1) is 4.43. The normalized spacial score (nSPS) is 18.0. The molecule has 0 N–H and O–H groups in total. The van der Waals surface area contributed by atoms with E-state index in [-0.39, 0.29) is 17.0 Å². The summed E-state index contributed by atoms with van der Waals surface area (Å²) in [5.74, 6) is 0. The lowest BCUT2D eigenvalue weighted by molar-refractivity contribution is 0.331. The highest BCUT2D eigenvalue weighted by Crippen LogP contribution is 1.99. The van der Waals surface area contributed by atoms with Crippen LogP contribution in [0, 0.1) is 0 Å². The van der Waals surface area contributed by atoms with E-state index >= 15 is 0 Å². The predicted molar refractivity (Wildman–Crippen MR) is 50.7 cm³/mol. The average molecular weight is 204 g/mol. The van der Waals surface area contributed by atoms with Crippen LogP contribution in [-0.2, 0) is 0 Å². The molecule has 1 aliphatic rings. The van der Waals surface area contributed by atoms with E-state index < -0.39 is 0 Å². The number of rotatable bonds is 2. The highest BCUT2D eigenvalue weighted by atomic mass is 79.9. The first-order valence-electron chi connectivity index (χ1n) is 3.42. The largest absolute Gasteiger partial charge is 0.296 e. The minimum absolute atomic E-state index is 0. The van der Waals surface area contributed by atoms with E-state index in [9.17, 15) is 0 Å². The molecule has 1 rings (SSSR count). The fourth-order valence-corrected chi connectivity index (χ4v) is 1.04. The summed E-state index contributed by atoms with van der Waals surface area (Å²) in [6, 6.07) is 0. The first-order valence-corrected chi connectivity index (χ1v) is 3.42. The monoisotopic (exact) mass is 203 g/mol. The maximum Gasteiger partial charge on any atom is 0.0166 e. The van der Waals surface area contributed by atoms with Gasteiger partial charge in [-0.05, 0) is 6.42 Å². The Hall–Kier alpha value is -0.0800. The summed E-state index contributed by atoms with van der Waals surface area (Å²) < 4.78 is 0. The van der Waals surface area contributed by atoms with Gasteiger partial charge in [0.2, 0.25) is 0 Å². The lowest BCUT2D eigenvalue weighted by Crippen LogP contribution is -2.26. The SMILES string of the molecule is Br.C=CCN1CC=CCC1. The molecule has 0 spiro atoms. The van der Waals surface area contributed by atoms with E-state index in [1.807, 2.05) is 6.08 Å². The molecule has 0 aromatic heterocycles. The molecule has 0 saturated heterocycles. The van der Waals surface area contributed by atoms with Gasteiger partial charge in [0, 0.05) is 19.6 Å². The van der Waals surface area contributed by atoms with E-state index in [1.54, 1.807) is 0 Å². The molecule has 0 atom stereocenters. The fraction of sp³-hybridized carbons (Fsp3) is 0.500. The molecule has 0 bridgehead atoms. The van der Waals surface area contributed by atoms with Crippen LogP contribution < -0.4 is 0 Å². The van der Waals surface area contributed by atoms with Gasteiger partial charge in [0.1, 0.15) is 0 Å². The Bertz CT molecular complexity index is 120. The summed E-state index contributed by atoms with van der Waals surface area (Å²) in [6.45, 7) is 7.02. The van der Waals surface area contributed by atoms with Crippen molar-refractivity contribution in [3.63, 3.8) is 0 Å². The Morgan fingerprint density at radius 3 is 2.80 bits per heavy atom. The maximum atomic E-state index is 3.69. The van der Waals surface area contributed by atoms with Crippen LogP contribution in [0.25, 0.3) is 0 Å². The van der Waals surface area contributed by atoms with Gasteiger partial charge in [0.05, 0.1) is 0 Å². The minimum Gasteiger partial charge on any atom is -0.296 e. The molecule has 2 heteroatoms. The van der Waals surface area contributed by atoms with Crippen molar-refractivity contribution in [3.05, 3.63) is 24.8 Å². The van der Waals surface area contributed by atoms with Crippen molar-refractivity contribution >= 4 is 17.0 Å². The fourth-order valence-electron chi connectivity index (χ4n) is 1.04. The van der Waals surface area contributed by atoms with Crippen LogP contribution in [0.5, 0.6) is 0 Å². The lowest BCUT2D eigenvalue weighted by atomic mass is 10.2. The van der Waals surface area contributed by atoms with Crippen molar-refractivity contribution in [1.29, 1.82) is 0 Å². The molecule has 0 amide bonds. The highest BCUT2D eigenvalue weighted by molar-refractivity contribution is 8.93. The Morgan fingerprint density at radius 1 is 1.50 bits per heavy atom. The summed E-state index contributed by atoms with van der Waals surface area (Å²) in [5, 5.41) is 0. The second kappa shape index (κ2) is 5.69. The second-order valence-electron chi connectivity index (χ2n) is 2.31. The van der Waals surface area contributed by atoms with E-state index in [1.165, 1.54) is 13.0 Å². The van der Waals surface area contributed by atoms with Gasteiger partial charge in [0.25, 0.3) is 0 Å². The van der Waals surface area contributed by atoms with E-state index in [2.05, 4.69) is 23.6 Å². The van der Waals surface area contributed by atoms with Crippen molar-refractivity contribution in [2.24, 2.45) is 0 Å². The van der Waals surface area contributed by atoms with Crippen LogP contribution >= 0.6 is 17.0 Å². The number of hydrogen-bond donors (Lipinski definition) is 0. The Balaban J connectivity index is 0.000000810. The molecule has 1 aliphatic heterocycles. The second-order valence-corrected chi connectivity index (χ2v) is 2.31. The lowest BCUT2D eigenvalue weighted by Gasteiger charge is -2.20. The Morgan fingerprint density at radius 2 is 2.30 bits per heavy atom. The van der Waals surface area contributed by atoms with Gasteiger partial charge in [-0.15, -0.1) is 23.6 Å². The zero-order valence-corrected chi connectivity index (χ0v) is 7.84. The van der Waals surface area contributed by atoms with Gasteiger partial charge in [-0.25, -0.2) is 0 Å². The molecule has 0 aromatic carbocycles. The molecule has 0 fully saturated rings. The Kier molecular flexibility index (Phi) is 5.64. The van der Waals surface area contributed by atoms with Crippen molar-refractivity contribution in [3.8, 4) is 0 Å². The molecule has 58 valence electrons. The van der Waals surface area contributed by atoms with E-state index in [4.69, 9.17) is 0 Å². The molecule has 1 nitrogen and oxygen atoms in total. The third-order valence-corrected chi connectivity index (χ3v) is 1.53. The van der Waals surface area contributed by atoms with Crippen molar-refractivity contribution < 1.29 is 0 Å². The van der Waals surface area contributed by atoms with Crippen LogP contribution in [0.15, 0.2) is 24.8 Å². The topological polar surface area (TPSA) is 3.24 Å². The van der Waals surface area contributed by atoms with Crippen LogP contribution in [-0.4, -0.2) is 24.5 Å². The van der Waals surface area contributed by atoms with Gasteiger partial charge < -0.3 is 0 Å². The highest BCUT2D eigenvalue weighted by Gasteiger charge is 2.01. The van der Waals surface area contributed by atoms with Crippen molar-refractivity contribution in [2.75, 3.05) is 19.6 Å². The van der Waals surface area contributed by atoms with Gasteiger partial charge in [-0.1, -0.05) is 18.2 Å². The first kappa shape index (κ1) is 9.92. The van der Waals surface area contributed by atoms with Crippen LogP contribution in [0.2, 0.25) is 0 Å². The maximum absolute atomic E-state index is 3.69. The number of hydrogen-bond acceptors (Lipinski definition) is 1. The zero-order chi connectivity index (χ0) is 6.53. The average Bonchev–Trinajstić information content (AvgIpc) is 1.91. The van der Waals surface area contributed by atoms with Crippen LogP contribution in [0.4, 0.5) is 0 Å². The van der Waals surface area contributed by atoms with Crippen LogP contribution in [0.3, 0.4) is 0 Å². The summed E-state index contributed by atoms with van der Waals surface area (Å²) in [6.07, 6.45) is 7.61. The predicted octanol–water partition coefficient (Wildman–Crippen LogP) is 2.01. The molecule has 0 saturated carbocycles. The van der Waals surface area contributed by atoms with E-state index in [0.717, 1.165) is 13.1 Å². The number of nitrogens with zero attached hydrogens (tertiary/aromatic N) is 1. The van der Waals surface area contributed by atoms with Crippen LogP contribution in [0.1, 0.15) is 6.42 Å². The van der Waals surface area contributed by atoms with Crippen molar-refractivity contribution in [1.82, 2.24) is 4.90 Å². The zero-order valence-electron chi connectivity index (χ0n) is 6.12. The third-order valence-electron chi connectivity index (χ3n) is 1.53. The van der Waals surface area contributed by atoms with Gasteiger partial charge in [-0.3, -0.25) is 4.90 Å². The van der Waals surface area contributed by atoms with Gasteiger partial charge in [0.15, 0.2) is 0 Å². The minimum atomic E-state index is 0.